The number of ether oxygens (including phenoxy) is 2. The summed E-state index contributed by atoms with van der Waals surface area (Å²) in [4.78, 5) is 6.47. The van der Waals surface area contributed by atoms with Gasteiger partial charge in [-0.15, -0.1) is 0 Å². The van der Waals surface area contributed by atoms with Gasteiger partial charge in [-0.1, -0.05) is 0 Å². The molecule has 2 aliphatic rings. The van der Waals surface area contributed by atoms with Crippen molar-refractivity contribution < 1.29 is 17.9 Å². The van der Waals surface area contributed by atoms with Crippen molar-refractivity contribution >= 4 is 10.0 Å². The Labute approximate surface area is 143 Å². The largest absolute Gasteiger partial charge is 0.381 e. The van der Waals surface area contributed by atoms with Gasteiger partial charge in [-0.05, 0) is 25.0 Å². The van der Waals surface area contributed by atoms with Crippen molar-refractivity contribution in [3.63, 3.8) is 0 Å². The minimum atomic E-state index is -3.54. The van der Waals surface area contributed by atoms with Crippen LogP contribution >= 0.6 is 0 Å². The van der Waals surface area contributed by atoms with Gasteiger partial charge in [0.15, 0.2) is 0 Å². The second-order valence-electron chi connectivity index (χ2n) is 6.51. The molecule has 0 atom stereocenters. The van der Waals surface area contributed by atoms with Gasteiger partial charge in [-0.2, -0.15) is 0 Å². The molecule has 134 valence electrons. The lowest BCUT2D eigenvalue weighted by Gasteiger charge is -2.42. The first-order valence-electron chi connectivity index (χ1n) is 8.37. The summed E-state index contributed by atoms with van der Waals surface area (Å²) in [6.45, 7) is 5.94. The van der Waals surface area contributed by atoms with Crippen molar-refractivity contribution in [2.75, 3.05) is 52.6 Å². The van der Waals surface area contributed by atoms with E-state index in [1.54, 1.807) is 18.3 Å². The highest BCUT2D eigenvalue weighted by atomic mass is 32.2. The normalized spacial score (nSPS) is 22.3. The zero-order chi connectivity index (χ0) is 16.9. The maximum Gasteiger partial charge on any atom is 0.242 e. The Balaban J connectivity index is 1.67. The number of morpholine rings is 1. The summed E-state index contributed by atoms with van der Waals surface area (Å²) in [6.07, 6.45) is 4.66. The minimum absolute atomic E-state index is 0.0924. The Morgan fingerprint density at radius 3 is 2.54 bits per heavy atom. The van der Waals surface area contributed by atoms with Gasteiger partial charge in [0.05, 0.1) is 13.2 Å². The van der Waals surface area contributed by atoms with Gasteiger partial charge in [0, 0.05) is 57.2 Å². The third-order valence-corrected chi connectivity index (χ3v) is 6.18. The zero-order valence-corrected chi connectivity index (χ0v) is 14.6. The van der Waals surface area contributed by atoms with E-state index >= 15 is 0 Å². The summed E-state index contributed by atoms with van der Waals surface area (Å²) in [5, 5.41) is 0. The molecule has 2 saturated heterocycles. The molecule has 2 fully saturated rings. The molecular weight excluding hydrogens is 330 g/mol. The number of sulfonamides is 1. The fraction of sp³-hybridized carbons (Fsp3) is 0.688. The van der Waals surface area contributed by atoms with Crippen LogP contribution in [-0.4, -0.2) is 70.9 Å². The lowest BCUT2D eigenvalue weighted by atomic mass is 9.79. The van der Waals surface area contributed by atoms with Gasteiger partial charge < -0.3 is 9.47 Å². The van der Waals surface area contributed by atoms with E-state index in [-0.39, 0.29) is 10.3 Å². The number of aromatic nitrogens is 1. The molecule has 0 radical (unpaired) electrons. The molecule has 0 unspecified atom stereocenters. The lowest BCUT2D eigenvalue weighted by molar-refractivity contribution is -0.0270. The molecular formula is C16H25N3O4S. The number of pyridine rings is 1. The Kier molecular flexibility index (Phi) is 5.83. The second-order valence-corrected chi connectivity index (χ2v) is 8.28. The maximum atomic E-state index is 12.5. The summed E-state index contributed by atoms with van der Waals surface area (Å²) in [5.74, 6) is 0. The molecule has 0 spiro atoms. The highest BCUT2D eigenvalue weighted by molar-refractivity contribution is 7.89. The first-order chi connectivity index (χ1) is 11.6. The predicted molar refractivity (Wildman–Crippen MR) is 89.2 cm³/mol. The standard InChI is InChI=1S/C16H25N3O4S/c20-24(21,15-2-1-5-17-12-15)18-13-16(3-8-22-9-4-16)14-19-6-10-23-11-7-19/h1-2,5,12,18H,3-4,6-11,13-14H2. The summed E-state index contributed by atoms with van der Waals surface area (Å²) in [6, 6.07) is 3.19. The van der Waals surface area contributed by atoms with Crippen LogP contribution in [0.3, 0.4) is 0 Å². The van der Waals surface area contributed by atoms with Crippen LogP contribution in [0.2, 0.25) is 0 Å². The molecule has 24 heavy (non-hydrogen) atoms. The molecule has 0 saturated carbocycles. The Morgan fingerprint density at radius 1 is 1.17 bits per heavy atom. The van der Waals surface area contributed by atoms with E-state index in [1.807, 2.05) is 0 Å². The van der Waals surface area contributed by atoms with Crippen molar-refractivity contribution in [3.8, 4) is 0 Å². The van der Waals surface area contributed by atoms with E-state index in [2.05, 4.69) is 14.6 Å². The highest BCUT2D eigenvalue weighted by Crippen LogP contribution is 2.31. The third-order valence-electron chi connectivity index (χ3n) is 4.80. The summed E-state index contributed by atoms with van der Waals surface area (Å²) in [5.41, 5.74) is -0.0924. The smallest absolute Gasteiger partial charge is 0.242 e. The number of hydrogen-bond acceptors (Lipinski definition) is 6. The van der Waals surface area contributed by atoms with Crippen LogP contribution in [-0.2, 0) is 19.5 Å². The number of nitrogens with one attached hydrogen (secondary N) is 1. The zero-order valence-electron chi connectivity index (χ0n) is 13.8. The van der Waals surface area contributed by atoms with Gasteiger partial charge in [0.25, 0.3) is 0 Å². The van der Waals surface area contributed by atoms with Gasteiger partial charge in [0.1, 0.15) is 4.90 Å². The fourth-order valence-electron chi connectivity index (χ4n) is 3.27. The van der Waals surface area contributed by atoms with Crippen LogP contribution in [0.15, 0.2) is 29.4 Å². The van der Waals surface area contributed by atoms with E-state index in [0.29, 0.717) is 19.8 Å². The Hall–Kier alpha value is -1.06. The molecule has 1 N–H and O–H groups in total. The van der Waals surface area contributed by atoms with Crippen molar-refractivity contribution in [1.82, 2.24) is 14.6 Å². The van der Waals surface area contributed by atoms with E-state index in [9.17, 15) is 8.42 Å². The van der Waals surface area contributed by atoms with Crippen molar-refractivity contribution in [1.29, 1.82) is 0 Å². The molecule has 8 heteroatoms. The first kappa shape index (κ1) is 17.8. The summed E-state index contributed by atoms with van der Waals surface area (Å²) in [7, 11) is -3.54. The van der Waals surface area contributed by atoms with Crippen molar-refractivity contribution in [2.24, 2.45) is 5.41 Å². The maximum absolute atomic E-state index is 12.5. The van der Waals surface area contributed by atoms with Crippen molar-refractivity contribution in [3.05, 3.63) is 24.5 Å². The average Bonchev–Trinajstić information content (AvgIpc) is 2.63. The Morgan fingerprint density at radius 2 is 1.88 bits per heavy atom. The average molecular weight is 355 g/mol. The lowest BCUT2D eigenvalue weighted by Crippen LogP contribution is -2.50. The van der Waals surface area contributed by atoms with Gasteiger partial charge in [-0.3, -0.25) is 9.88 Å². The van der Waals surface area contributed by atoms with Gasteiger partial charge >= 0.3 is 0 Å². The molecule has 0 aliphatic carbocycles. The minimum Gasteiger partial charge on any atom is -0.381 e. The number of nitrogens with zero attached hydrogens (tertiary/aromatic N) is 2. The molecule has 0 aromatic carbocycles. The fourth-order valence-corrected chi connectivity index (χ4v) is 4.39. The molecule has 1 aromatic heterocycles. The van der Waals surface area contributed by atoms with Crippen LogP contribution in [0.4, 0.5) is 0 Å². The van der Waals surface area contributed by atoms with Crippen LogP contribution in [0.5, 0.6) is 0 Å². The number of hydrogen-bond donors (Lipinski definition) is 1. The van der Waals surface area contributed by atoms with Gasteiger partial charge in [0.2, 0.25) is 10.0 Å². The molecule has 2 aliphatic heterocycles. The van der Waals surface area contributed by atoms with Crippen LogP contribution in [0, 0.1) is 5.41 Å². The second kappa shape index (κ2) is 7.88. The molecule has 3 rings (SSSR count). The molecule has 1 aromatic rings. The quantitative estimate of drug-likeness (QED) is 0.800. The van der Waals surface area contributed by atoms with Crippen LogP contribution < -0.4 is 4.72 Å². The predicted octanol–water partition coefficient (Wildman–Crippen LogP) is 0.489. The van der Waals surface area contributed by atoms with E-state index in [1.165, 1.54) is 6.20 Å². The van der Waals surface area contributed by atoms with Crippen LogP contribution in [0.1, 0.15) is 12.8 Å². The molecule has 0 bridgehead atoms. The Bertz CT molecular complexity index is 611. The SMILES string of the molecule is O=S(=O)(NCC1(CN2CCOCC2)CCOCC1)c1cccnc1. The molecule has 7 nitrogen and oxygen atoms in total. The number of rotatable bonds is 6. The topological polar surface area (TPSA) is 80.8 Å². The van der Waals surface area contributed by atoms with E-state index in [0.717, 1.165) is 45.7 Å². The molecule has 3 heterocycles. The third kappa shape index (κ3) is 4.52. The van der Waals surface area contributed by atoms with E-state index < -0.39 is 10.0 Å². The van der Waals surface area contributed by atoms with Crippen molar-refractivity contribution in [2.45, 2.75) is 17.7 Å². The van der Waals surface area contributed by atoms with E-state index in [4.69, 9.17) is 9.47 Å². The monoisotopic (exact) mass is 355 g/mol. The summed E-state index contributed by atoms with van der Waals surface area (Å²) >= 11 is 0. The molecule has 0 amide bonds. The first-order valence-corrected chi connectivity index (χ1v) is 9.86. The highest BCUT2D eigenvalue weighted by Gasteiger charge is 2.36. The van der Waals surface area contributed by atoms with Gasteiger partial charge in [-0.25, -0.2) is 13.1 Å². The summed E-state index contributed by atoms with van der Waals surface area (Å²) < 4.78 is 38.7. The van der Waals surface area contributed by atoms with Crippen LogP contribution in [0.25, 0.3) is 0 Å².